The van der Waals surface area contributed by atoms with Gasteiger partial charge in [0.1, 0.15) is 5.69 Å². The predicted molar refractivity (Wildman–Crippen MR) is 90.6 cm³/mol. The van der Waals surface area contributed by atoms with E-state index < -0.39 is 6.43 Å². The first-order valence-electron chi connectivity index (χ1n) is 7.81. The minimum atomic E-state index is -2.63. The van der Waals surface area contributed by atoms with Crippen LogP contribution in [0.5, 0.6) is 0 Å². The Morgan fingerprint density at radius 1 is 1.20 bits per heavy atom. The molecule has 1 aromatic carbocycles. The maximum atomic E-state index is 13.2. The Hall–Kier alpha value is -2.89. The van der Waals surface area contributed by atoms with Crippen molar-refractivity contribution < 1.29 is 13.6 Å². The zero-order valence-electron chi connectivity index (χ0n) is 13.9. The van der Waals surface area contributed by atoms with Crippen LogP contribution in [-0.4, -0.2) is 20.5 Å². The lowest BCUT2D eigenvalue weighted by molar-refractivity contribution is 0.101. The SMILES string of the molecule is CC(=O)c1cc(Cc2ccc(-c3ccn(C)n3)cc2)c(C(F)F)cn1. The van der Waals surface area contributed by atoms with E-state index in [-0.39, 0.29) is 17.0 Å². The molecule has 0 amide bonds. The zero-order chi connectivity index (χ0) is 18.0. The smallest absolute Gasteiger partial charge is 0.265 e. The monoisotopic (exact) mass is 341 g/mol. The van der Waals surface area contributed by atoms with Crippen molar-refractivity contribution in [3.05, 3.63) is 71.2 Å². The number of carbonyl (C=O) groups is 1. The van der Waals surface area contributed by atoms with Gasteiger partial charge >= 0.3 is 0 Å². The molecule has 0 saturated heterocycles. The van der Waals surface area contributed by atoms with Crippen LogP contribution in [0.1, 0.15) is 40.5 Å². The lowest BCUT2D eigenvalue weighted by Gasteiger charge is -2.10. The highest BCUT2D eigenvalue weighted by atomic mass is 19.3. The van der Waals surface area contributed by atoms with E-state index in [1.807, 2.05) is 43.6 Å². The minimum absolute atomic E-state index is 0.140. The predicted octanol–water partition coefficient (Wildman–Crippen LogP) is 4.21. The fourth-order valence-corrected chi connectivity index (χ4v) is 2.63. The Kier molecular flexibility index (Phi) is 4.70. The third kappa shape index (κ3) is 3.79. The van der Waals surface area contributed by atoms with Gasteiger partial charge in [0, 0.05) is 37.5 Å². The van der Waals surface area contributed by atoms with Gasteiger partial charge < -0.3 is 0 Å². The summed E-state index contributed by atoms with van der Waals surface area (Å²) in [6, 6.07) is 10.9. The van der Waals surface area contributed by atoms with Crippen LogP contribution in [0.15, 0.2) is 48.8 Å². The highest BCUT2D eigenvalue weighted by molar-refractivity contribution is 5.92. The van der Waals surface area contributed by atoms with Crippen molar-refractivity contribution in [2.45, 2.75) is 19.8 Å². The summed E-state index contributed by atoms with van der Waals surface area (Å²) in [5, 5.41) is 4.33. The van der Waals surface area contributed by atoms with Crippen molar-refractivity contribution >= 4 is 5.78 Å². The lowest BCUT2D eigenvalue weighted by Crippen LogP contribution is -2.04. The number of aryl methyl sites for hydroxylation is 1. The van der Waals surface area contributed by atoms with Crippen molar-refractivity contribution in [2.24, 2.45) is 7.05 Å². The maximum absolute atomic E-state index is 13.2. The Balaban J connectivity index is 1.88. The molecule has 0 aliphatic rings. The molecule has 0 aliphatic heterocycles. The standard InChI is InChI=1S/C19H17F2N3O/c1-12(25)18-10-15(16(11-22-18)19(20)21)9-13-3-5-14(6-4-13)17-7-8-24(2)23-17/h3-8,10-11,19H,9H2,1-2H3. The third-order valence-electron chi connectivity index (χ3n) is 3.98. The fourth-order valence-electron chi connectivity index (χ4n) is 2.63. The molecule has 0 saturated carbocycles. The van der Waals surface area contributed by atoms with Crippen LogP contribution in [0.25, 0.3) is 11.3 Å². The molecule has 3 rings (SSSR count). The van der Waals surface area contributed by atoms with E-state index in [2.05, 4.69) is 10.1 Å². The topological polar surface area (TPSA) is 47.8 Å². The summed E-state index contributed by atoms with van der Waals surface area (Å²) in [6.07, 6.45) is 0.638. The second-order valence-corrected chi connectivity index (χ2v) is 5.87. The number of nitrogens with zero attached hydrogens (tertiary/aromatic N) is 3. The molecule has 0 radical (unpaired) electrons. The molecular formula is C19H17F2N3O. The van der Waals surface area contributed by atoms with Crippen molar-refractivity contribution in [1.82, 2.24) is 14.8 Å². The number of alkyl halides is 2. The molecule has 3 aromatic rings. The molecule has 0 unspecified atom stereocenters. The Morgan fingerprint density at radius 3 is 2.48 bits per heavy atom. The van der Waals surface area contributed by atoms with Gasteiger partial charge in [0.05, 0.1) is 5.69 Å². The van der Waals surface area contributed by atoms with Gasteiger partial charge in [0.15, 0.2) is 5.78 Å². The number of carbonyl (C=O) groups excluding carboxylic acids is 1. The van der Waals surface area contributed by atoms with Crippen LogP contribution < -0.4 is 0 Å². The number of pyridine rings is 1. The first-order chi connectivity index (χ1) is 11.9. The molecule has 2 aromatic heterocycles. The number of hydrogen-bond acceptors (Lipinski definition) is 3. The van der Waals surface area contributed by atoms with Crippen LogP contribution in [0.3, 0.4) is 0 Å². The van der Waals surface area contributed by atoms with Crippen LogP contribution in [-0.2, 0) is 13.5 Å². The van der Waals surface area contributed by atoms with Gasteiger partial charge in [0.25, 0.3) is 6.43 Å². The van der Waals surface area contributed by atoms with Crippen molar-refractivity contribution in [1.29, 1.82) is 0 Å². The van der Waals surface area contributed by atoms with Gasteiger partial charge in [-0.05, 0) is 29.7 Å². The van der Waals surface area contributed by atoms with Gasteiger partial charge in [-0.1, -0.05) is 24.3 Å². The quantitative estimate of drug-likeness (QED) is 0.653. The van der Waals surface area contributed by atoms with Crippen LogP contribution in [0, 0.1) is 0 Å². The van der Waals surface area contributed by atoms with Crippen LogP contribution in [0.2, 0.25) is 0 Å². The highest BCUT2D eigenvalue weighted by Crippen LogP contribution is 2.26. The largest absolute Gasteiger partial charge is 0.293 e. The van der Waals surface area contributed by atoms with E-state index >= 15 is 0 Å². The van der Waals surface area contributed by atoms with E-state index in [1.165, 1.54) is 13.0 Å². The Morgan fingerprint density at radius 2 is 1.92 bits per heavy atom. The number of ketones is 1. The molecule has 2 heterocycles. The van der Waals surface area contributed by atoms with Crippen LogP contribution in [0.4, 0.5) is 8.78 Å². The average molecular weight is 341 g/mol. The molecule has 0 fully saturated rings. The van der Waals surface area contributed by atoms with E-state index in [0.29, 0.717) is 12.0 Å². The molecule has 0 atom stereocenters. The Bertz CT molecular complexity index is 901. The lowest BCUT2D eigenvalue weighted by atomic mass is 9.99. The molecule has 0 N–H and O–H groups in total. The number of benzene rings is 1. The number of rotatable bonds is 5. The van der Waals surface area contributed by atoms with E-state index in [1.54, 1.807) is 4.68 Å². The molecule has 0 aliphatic carbocycles. The van der Waals surface area contributed by atoms with Gasteiger partial charge in [-0.25, -0.2) is 8.78 Å². The Labute approximate surface area is 144 Å². The highest BCUT2D eigenvalue weighted by Gasteiger charge is 2.16. The molecular weight excluding hydrogens is 324 g/mol. The summed E-state index contributed by atoms with van der Waals surface area (Å²) in [7, 11) is 1.85. The number of hydrogen-bond donors (Lipinski definition) is 0. The van der Waals surface area contributed by atoms with Gasteiger partial charge in [-0.2, -0.15) is 5.10 Å². The van der Waals surface area contributed by atoms with Gasteiger partial charge in [-0.3, -0.25) is 14.5 Å². The first kappa shape index (κ1) is 17.0. The van der Waals surface area contributed by atoms with E-state index in [4.69, 9.17) is 0 Å². The second-order valence-electron chi connectivity index (χ2n) is 5.87. The normalized spacial score (nSPS) is 11.1. The van der Waals surface area contributed by atoms with Crippen molar-refractivity contribution in [2.75, 3.05) is 0 Å². The summed E-state index contributed by atoms with van der Waals surface area (Å²) >= 11 is 0. The van der Waals surface area contributed by atoms with Gasteiger partial charge in [0.2, 0.25) is 0 Å². The van der Waals surface area contributed by atoms with Gasteiger partial charge in [-0.15, -0.1) is 0 Å². The first-order valence-corrected chi connectivity index (χ1v) is 7.81. The molecule has 128 valence electrons. The maximum Gasteiger partial charge on any atom is 0.265 e. The summed E-state index contributed by atoms with van der Waals surface area (Å²) in [6.45, 7) is 1.37. The number of halogens is 2. The summed E-state index contributed by atoms with van der Waals surface area (Å²) < 4.78 is 28.2. The average Bonchev–Trinajstić information content (AvgIpc) is 3.01. The third-order valence-corrected chi connectivity index (χ3v) is 3.98. The summed E-state index contributed by atoms with van der Waals surface area (Å²) in [4.78, 5) is 15.3. The summed E-state index contributed by atoms with van der Waals surface area (Å²) in [5.74, 6) is -0.243. The fraction of sp³-hybridized carbons (Fsp3) is 0.211. The second kappa shape index (κ2) is 6.93. The van der Waals surface area contributed by atoms with Crippen molar-refractivity contribution in [3.63, 3.8) is 0 Å². The number of aromatic nitrogens is 3. The molecule has 0 spiro atoms. The molecule has 25 heavy (non-hydrogen) atoms. The van der Waals surface area contributed by atoms with E-state index in [9.17, 15) is 13.6 Å². The number of Topliss-reactive ketones (excluding diaryl/α,β-unsaturated/α-hetero) is 1. The molecule has 4 nitrogen and oxygen atoms in total. The molecule has 0 bridgehead atoms. The van der Waals surface area contributed by atoms with Crippen LogP contribution >= 0.6 is 0 Å². The molecule has 6 heteroatoms. The zero-order valence-corrected chi connectivity index (χ0v) is 13.9. The van der Waals surface area contributed by atoms with E-state index in [0.717, 1.165) is 23.0 Å². The minimum Gasteiger partial charge on any atom is -0.293 e. The van der Waals surface area contributed by atoms with Crippen molar-refractivity contribution in [3.8, 4) is 11.3 Å². The summed E-state index contributed by atoms with van der Waals surface area (Å²) in [5.41, 5.74) is 3.16.